The highest BCUT2D eigenvalue weighted by Gasteiger charge is 2.21. The zero-order chi connectivity index (χ0) is 7.56. The lowest BCUT2D eigenvalue weighted by Gasteiger charge is -2.05. The normalized spacial score (nSPS) is 25.2. The molecule has 2 nitrogen and oxygen atoms in total. The van der Waals surface area contributed by atoms with Crippen molar-refractivity contribution in [2.24, 2.45) is 5.92 Å². The van der Waals surface area contributed by atoms with E-state index in [0.29, 0.717) is 0 Å². The first kappa shape index (κ1) is 7.32. The van der Waals surface area contributed by atoms with Crippen LogP contribution in [0.1, 0.15) is 25.7 Å². The molecule has 0 aromatic rings. The third-order valence-electron chi connectivity index (χ3n) is 2.05. The molecule has 0 radical (unpaired) electrons. The number of aliphatic carboxylic acids is 1. The van der Waals surface area contributed by atoms with Gasteiger partial charge in [-0.2, -0.15) is 0 Å². The third kappa shape index (κ3) is 1.59. The van der Waals surface area contributed by atoms with Crippen molar-refractivity contribution in [3.05, 3.63) is 12.2 Å². The summed E-state index contributed by atoms with van der Waals surface area (Å²) in [5.41, 5.74) is 1.13. The lowest BCUT2D eigenvalue weighted by Crippen LogP contribution is -2.04. The van der Waals surface area contributed by atoms with E-state index in [1.807, 2.05) is 0 Å². The second-order valence-electron chi connectivity index (χ2n) is 2.85. The lowest BCUT2D eigenvalue weighted by molar-refractivity contribution is -0.137. The van der Waals surface area contributed by atoms with Crippen molar-refractivity contribution in [3.63, 3.8) is 0 Å². The van der Waals surface area contributed by atoms with Gasteiger partial charge >= 0.3 is 5.97 Å². The number of hydrogen-bond donors (Lipinski definition) is 1. The van der Waals surface area contributed by atoms with Crippen LogP contribution in [0.3, 0.4) is 0 Å². The van der Waals surface area contributed by atoms with Crippen LogP contribution in [-0.2, 0) is 4.79 Å². The van der Waals surface area contributed by atoms with Crippen LogP contribution in [0.15, 0.2) is 12.2 Å². The highest BCUT2D eigenvalue weighted by atomic mass is 16.4. The Morgan fingerprint density at radius 1 is 1.80 bits per heavy atom. The number of carboxylic acid groups (broad SMARTS) is 1. The zero-order valence-electron chi connectivity index (χ0n) is 5.97. The minimum Gasteiger partial charge on any atom is -0.481 e. The summed E-state index contributed by atoms with van der Waals surface area (Å²) in [5.74, 6) is -0.439. The highest BCUT2D eigenvalue weighted by molar-refractivity contribution is 5.67. The van der Waals surface area contributed by atoms with Crippen molar-refractivity contribution in [2.75, 3.05) is 0 Å². The fourth-order valence-electron chi connectivity index (χ4n) is 1.44. The Labute approximate surface area is 60.6 Å². The smallest absolute Gasteiger partial charge is 0.303 e. The monoisotopic (exact) mass is 140 g/mol. The summed E-state index contributed by atoms with van der Waals surface area (Å²) >= 11 is 0. The molecule has 0 spiro atoms. The molecule has 0 saturated heterocycles. The molecule has 0 heterocycles. The molecule has 1 aliphatic carbocycles. The molecule has 10 heavy (non-hydrogen) atoms. The van der Waals surface area contributed by atoms with Crippen molar-refractivity contribution in [1.82, 2.24) is 0 Å². The Hall–Kier alpha value is -0.790. The molecule has 56 valence electrons. The van der Waals surface area contributed by atoms with E-state index >= 15 is 0 Å². The van der Waals surface area contributed by atoms with E-state index in [2.05, 4.69) is 6.58 Å². The van der Waals surface area contributed by atoms with Gasteiger partial charge in [0.1, 0.15) is 0 Å². The molecular weight excluding hydrogens is 128 g/mol. The van der Waals surface area contributed by atoms with Crippen LogP contribution in [0.5, 0.6) is 0 Å². The first-order chi connectivity index (χ1) is 4.70. The van der Waals surface area contributed by atoms with E-state index < -0.39 is 5.97 Å². The summed E-state index contributed by atoms with van der Waals surface area (Å²) in [5, 5.41) is 8.45. The Kier molecular flexibility index (Phi) is 2.10. The molecule has 0 unspecified atom stereocenters. The summed E-state index contributed by atoms with van der Waals surface area (Å²) in [6.07, 6.45) is 3.44. The molecular formula is C8H12O2. The van der Waals surface area contributed by atoms with Crippen molar-refractivity contribution in [2.45, 2.75) is 25.7 Å². The van der Waals surface area contributed by atoms with Crippen LogP contribution in [0.2, 0.25) is 0 Å². The number of carbonyl (C=O) groups is 1. The predicted octanol–water partition coefficient (Wildman–Crippen LogP) is 1.82. The Morgan fingerprint density at radius 2 is 2.50 bits per heavy atom. The topological polar surface area (TPSA) is 37.3 Å². The molecule has 1 aliphatic rings. The van der Waals surface area contributed by atoms with Crippen LogP contribution < -0.4 is 0 Å². The highest BCUT2D eigenvalue weighted by Crippen LogP contribution is 2.31. The minimum absolute atomic E-state index is 0.262. The van der Waals surface area contributed by atoms with Crippen LogP contribution in [0, 0.1) is 5.92 Å². The number of hydrogen-bond acceptors (Lipinski definition) is 1. The number of carboxylic acids is 1. The van der Waals surface area contributed by atoms with Crippen molar-refractivity contribution in [3.8, 4) is 0 Å². The Bertz CT molecular complexity index is 161. The molecule has 1 saturated carbocycles. The van der Waals surface area contributed by atoms with E-state index in [-0.39, 0.29) is 12.3 Å². The van der Waals surface area contributed by atoms with Gasteiger partial charge in [0.25, 0.3) is 0 Å². The van der Waals surface area contributed by atoms with Crippen molar-refractivity contribution < 1.29 is 9.90 Å². The maximum atomic E-state index is 10.3. The van der Waals surface area contributed by atoms with Gasteiger partial charge in [-0.1, -0.05) is 12.2 Å². The molecule has 0 aliphatic heterocycles. The molecule has 1 atom stereocenters. The second-order valence-corrected chi connectivity index (χ2v) is 2.85. The lowest BCUT2D eigenvalue weighted by atomic mass is 10.0. The van der Waals surface area contributed by atoms with E-state index in [0.717, 1.165) is 24.8 Å². The molecule has 0 aromatic carbocycles. The maximum absolute atomic E-state index is 10.3. The van der Waals surface area contributed by atoms with Gasteiger partial charge in [0, 0.05) is 0 Å². The summed E-state index contributed by atoms with van der Waals surface area (Å²) in [7, 11) is 0. The van der Waals surface area contributed by atoms with Gasteiger partial charge in [0.15, 0.2) is 0 Å². The average molecular weight is 140 g/mol. The van der Waals surface area contributed by atoms with Crippen LogP contribution in [0.4, 0.5) is 0 Å². The van der Waals surface area contributed by atoms with Gasteiger partial charge < -0.3 is 5.11 Å². The average Bonchev–Trinajstić information content (AvgIpc) is 2.15. The van der Waals surface area contributed by atoms with Crippen LogP contribution in [0.25, 0.3) is 0 Å². The van der Waals surface area contributed by atoms with Gasteiger partial charge in [-0.3, -0.25) is 4.79 Å². The summed E-state index contributed by atoms with van der Waals surface area (Å²) in [6, 6.07) is 0. The van der Waals surface area contributed by atoms with E-state index in [1.54, 1.807) is 0 Å². The summed E-state index contributed by atoms with van der Waals surface area (Å²) in [4.78, 5) is 10.3. The van der Waals surface area contributed by atoms with E-state index in [4.69, 9.17) is 5.11 Å². The van der Waals surface area contributed by atoms with E-state index in [1.165, 1.54) is 0 Å². The van der Waals surface area contributed by atoms with Crippen molar-refractivity contribution in [1.29, 1.82) is 0 Å². The summed E-state index contributed by atoms with van der Waals surface area (Å²) < 4.78 is 0. The van der Waals surface area contributed by atoms with Crippen LogP contribution >= 0.6 is 0 Å². The number of rotatable bonds is 2. The van der Waals surface area contributed by atoms with Gasteiger partial charge in [0.05, 0.1) is 6.42 Å². The molecule has 1 rings (SSSR count). The quantitative estimate of drug-likeness (QED) is 0.594. The Balaban J connectivity index is 2.40. The first-order valence-corrected chi connectivity index (χ1v) is 3.59. The van der Waals surface area contributed by atoms with Gasteiger partial charge in [-0.05, 0) is 25.2 Å². The molecule has 0 amide bonds. The molecule has 0 aromatic heterocycles. The Morgan fingerprint density at radius 3 is 2.90 bits per heavy atom. The minimum atomic E-state index is -0.701. The van der Waals surface area contributed by atoms with Crippen molar-refractivity contribution >= 4 is 5.97 Å². The number of allylic oxidation sites excluding steroid dienone is 1. The van der Waals surface area contributed by atoms with Gasteiger partial charge in [0.2, 0.25) is 0 Å². The fourth-order valence-corrected chi connectivity index (χ4v) is 1.44. The SMILES string of the molecule is C=C1CCC[C@@H]1CC(=O)O. The van der Waals surface area contributed by atoms with E-state index in [9.17, 15) is 4.79 Å². The molecule has 1 N–H and O–H groups in total. The molecule has 2 heteroatoms. The standard InChI is InChI=1S/C8H12O2/c1-6-3-2-4-7(6)5-8(9)10/h7H,1-5H2,(H,9,10)/t7-/m1/s1. The fraction of sp³-hybridized carbons (Fsp3) is 0.625. The molecule has 0 bridgehead atoms. The third-order valence-corrected chi connectivity index (χ3v) is 2.05. The first-order valence-electron chi connectivity index (χ1n) is 3.59. The summed E-state index contributed by atoms with van der Waals surface area (Å²) in [6.45, 7) is 3.83. The van der Waals surface area contributed by atoms with Gasteiger partial charge in [-0.15, -0.1) is 0 Å². The van der Waals surface area contributed by atoms with Crippen LogP contribution in [-0.4, -0.2) is 11.1 Å². The molecule has 1 fully saturated rings. The maximum Gasteiger partial charge on any atom is 0.303 e. The largest absolute Gasteiger partial charge is 0.481 e. The predicted molar refractivity (Wildman–Crippen MR) is 38.7 cm³/mol. The second kappa shape index (κ2) is 2.86. The van der Waals surface area contributed by atoms with Gasteiger partial charge in [-0.25, -0.2) is 0 Å². The zero-order valence-corrected chi connectivity index (χ0v) is 5.97.